The van der Waals surface area contributed by atoms with Crippen molar-refractivity contribution in [1.29, 1.82) is 0 Å². The highest BCUT2D eigenvalue weighted by Gasteiger charge is 2.18. The first-order chi connectivity index (χ1) is 9.67. The third-order valence-electron chi connectivity index (χ3n) is 3.95. The first-order valence-electron chi connectivity index (χ1n) is 7.61. The van der Waals surface area contributed by atoms with Crippen molar-refractivity contribution >= 4 is 0 Å². The van der Waals surface area contributed by atoms with Gasteiger partial charge in [-0.25, -0.2) is 4.39 Å². The van der Waals surface area contributed by atoms with E-state index < -0.39 is 0 Å². The summed E-state index contributed by atoms with van der Waals surface area (Å²) in [4.78, 5) is 2.52. The molecule has 0 unspecified atom stereocenters. The molecule has 0 atom stereocenters. The van der Waals surface area contributed by atoms with Crippen molar-refractivity contribution in [2.24, 2.45) is 0 Å². The molecule has 1 aromatic rings. The van der Waals surface area contributed by atoms with Crippen LogP contribution in [0.2, 0.25) is 0 Å². The molecule has 1 aromatic carbocycles. The SMILES string of the molecule is CCCCN1CCC(NCc2cc(O)cc(F)c2)CC1. The largest absolute Gasteiger partial charge is 0.508 e. The molecule has 3 nitrogen and oxygen atoms in total. The fraction of sp³-hybridized carbons (Fsp3) is 0.625. The number of aromatic hydroxyl groups is 1. The molecular formula is C16H25FN2O. The Morgan fingerprint density at radius 1 is 1.30 bits per heavy atom. The second-order valence-corrected chi connectivity index (χ2v) is 5.67. The van der Waals surface area contributed by atoms with Crippen LogP contribution in [-0.2, 0) is 6.54 Å². The summed E-state index contributed by atoms with van der Waals surface area (Å²) in [5.74, 6) is -0.382. The minimum Gasteiger partial charge on any atom is -0.508 e. The average molecular weight is 280 g/mol. The molecule has 1 saturated heterocycles. The zero-order valence-electron chi connectivity index (χ0n) is 12.2. The number of phenols is 1. The molecule has 0 spiro atoms. The van der Waals surface area contributed by atoms with Crippen LogP contribution in [0.25, 0.3) is 0 Å². The number of rotatable bonds is 6. The van der Waals surface area contributed by atoms with E-state index in [2.05, 4.69) is 17.1 Å². The molecule has 0 bridgehead atoms. The molecule has 1 aliphatic rings. The molecule has 20 heavy (non-hydrogen) atoms. The summed E-state index contributed by atoms with van der Waals surface area (Å²) in [6, 6.07) is 4.73. The predicted molar refractivity (Wildman–Crippen MR) is 79.3 cm³/mol. The van der Waals surface area contributed by atoms with Gasteiger partial charge in [0.05, 0.1) is 0 Å². The molecule has 1 aliphatic heterocycles. The fourth-order valence-electron chi connectivity index (χ4n) is 2.74. The monoisotopic (exact) mass is 280 g/mol. The van der Waals surface area contributed by atoms with Gasteiger partial charge in [-0.1, -0.05) is 13.3 Å². The molecule has 0 aromatic heterocycles. The van der Waals surface area contributed by atoms with Crippen LogP contribution in [0.3, 0.4) is 0 Å². The standard InChI is InChI=1S/C16H25FN2O/c1-2-3-6-19-7-4-15(5-8-19)18-12-13-9-14(17)11-16(20)10-13/h9-11,15,18,20H,2-8,12H2,1H3. The average Bonchev–Trinajstić information content (AvgIpc) is 2.43. The van der Waals surface area contributed by atoms with Crippen molar-refractivity contribution in [2.45, 2.75) is 45.2 Å². The van der Waals surface area contributed by atoms with Crippen molar-refractivity contribution in [1.82, 2.24) is 10.2 Å². The highest BCUT2D eigenvalue weighted by Crippen LogP contribution is 2.16. The Kier molecular flexibility index (Phi) is 5.80. The molecule has 0 saturated carbocycles. The van der Waals surface area contributed by atoms with Crippen molar-refractivity contribution in [3.63, 3.8) is 0 Å². The molecule has 0 amide bonds. The number of likely N-dealkylation sites (tertiary alicyclic amines) is 1. The lowest BCUT2D eigenvalue weighted by molar-refractivity contribution is 0.195. The quantitative estimate of drug-likeness (QED) is 0.841. The molecule has 2 rings (SSSR count). The van der Waals surface area contributed by atoms with Gasteiger partial charge in [-0.05, 0) is 56.6 Å². The fourth-order valence-corrected chi connectivity index (χ4v) is 2.74. The Morgan fingerprint density at radius 2 is 2.05 bits per heavy atom. The molecule has 0 aliphatic carbocycles. The normalized spacial score (nSPS) is 17.5. The molecule has 112 valence electrons. The lowest BCUT2D eigenvalue weighted by Gasteiger charge is -2.32. The van der Waals surface area contributed by atoms with Gasteiger partial charge < -0.3 is 15.3 Å². The molecular weight excluding hydrogens is 255 g/mol. The molecule has 4 heteroatoms. The zero-order chi connectivity index (χ0) is 14.4. The van der Waals surface area contributed by atoms with E-state index in [1.807, 2.05) is 0 Å². The van der Waals surface area contributed by atoms with Crippen molar-refractivity contribution in [3.8, 4) is 5.75 Å². The molecule has 1 fully saturated rings. The van der Waals surface area contributed by atoms with Gasteiger partial charge in [0.25, 0.3) is 0 Å². The van der Waals surface area contributed by atoms with Gasteiger partial charge in [-0.2, -0.15) is 0 Å². The van der Waals surface area contributed by atoms with E-state index in [1.54, 1.807) is 6.07 Å². The number of benzene rings is 1. The van der Waals surface area contributed by atoms with Gasteiger partial charge >= 0.3 is 0 Å². The Bertz CT molecular complexity index is 397. The Labute approximate surface area is 120 Å². The van der Waals surface area contributed by atoms with Crippen LogP contribution in [0.5, 0.6) is 5.75 Å². The number of hydrogen-bond acceptors (Lipinski definition) is 3. The van der Waals surface area contributed by atoms with Crippen molar-refractivity contribution < 1.29 is 9.50 Å². The smallest absolute Gasteiger partial charge is 0.127 e. The number of unbranched alkanes of at least 4 members (excludes halogenated alkanes) is 1. The third kappa shape index (κ3) is 4.76. The number of halogens is 1. The number of piperidine rings is 1. The maximum Gasteiger partial charge on any atom is 0.127 e. The predicted octanol–water partition coefficient (Wildman–Crippen LogP) is 2.89. The van der Waals surface area contributed by atoms with E-state index in [1.165, 1.54) is 25.5 Å². The third-order valence-corrected chi connectivity index (χ3v) is 3.95. The van der Waals surface area contributed by atoms with E-state index in [-0.39, 0.29) is 11.6 Å². The second kappa shape index (κ2) is 7.60. The Hall–Kier alpha value is -1.13. The van der Waals surface area contributed by atoms with Gasteiger partial charge in [-0.15, -0.1) is 0 Å². The summed E-state index contributed by atoms with van der Waals surface area (Å²) >= 11 is 0. The second-order valence-electron chi connectivity index (χ2n) is 5.67. The van der Waals surface area contributed by atoms with Gasteiger partial charge in [-0.3, -0.25) is 0 Å². The maximum absolute atomic E-state index is 13.2. The molecule has 1 heterocycles. The molecule has 2 N–H and O–H groups in total. The van der Waals surface area contributed by atoms with Gasteiger partial charge in [0, 0.05) is 18.7 Å². The van der Waals surface area contributed by atoms with Crippen LogP contribution in [0.1, 0.15) is 38.2 Å². The van der Waals surface area contributed by atoms with Crippen LogP contribution >= 0.6 is 0 Å². The summed E-state index contributed by atoms with van der Waals surface area (Å²) in [5.41, 5.74) is 0.802. The van der Waals surface area contributed by atoms with Crippen LogP contribution in [0.4, 0.5) is 4.39 Å². The van der Waals surface area contributed by atoms with E-state index >= 15 is 0 Å². The molecule has 0 radical (unpaired) electrons. The maximum atomic E-state index is 13.2. The van der Waals surface area contributed by atoms with E-state index in [0.29, 0.717) is 12.6 Å². The Morgan fingerprint density at radius 3 is 2.70 bits per heavy atom. The highest BCUT2D eigenvalue weighted by atomic mass is 19.1. The summed E-state index contributed by atoms with van der Waals surface area (Å²) in [6.07, 6.45) is 4.82. The summed E-state index contributed by atoms with van der Waals surface area (Å²) in [5, 5.41) is 12.8. The van der Waals surface area contributed by atoms with Gasteiger partial charge in [0.15, 0.2) is 0 Å². The minimum absolute atomic E-state index is 0.00353. The number of hydrogen-bond donors (Lipinski definition) is 2. The topological polar surface area (TPSA) is 35.5 Å². The number of nitrogens with zero attached hydrogens (tertiary/aromatic N) is 1. The van der Waals surface area contributed by atoms with Crippen LogP contribution in [0, 0.1) is 5.82 Å². The van der Waals surface area contributed by atoms with Crippen molar-refractivity contribution in [3.05, 3.63) is 29.6 Å². The van der Waals surface area contributed by atoms with Crippen LogP contribution < -0.4 is 5.32 Å². The van der Waals surface area contributed by atoms with Gasteiger partial charge in [0.2, 0.25) is 0 Å². The zero-order valence-corrected chi connectivity index (χ0v) is 12.2. The lowest BCUT2D eigenvalue weighted by atomic mass is 10.0. The Balaban J connectivity index is 1.73. The van der Waals surface area contributed by atoms with Crippen LogP contribution in [0.15, 0.2) is 18.2 Å². The lowest BCUT2D eigenvalue weighted by Crippen LogP contribution is -2.42. The highest BCUT2D eigenvalue weighted by molar-refractivity contribution is 5.28. The van der Waals surface area contributed by atoms with Crippen LogP contribution in [-0.4, -0.2) is 35.7 Å². The summed E-state index contributed by atoms with van der Waals surface area (Å²) in [7, 11) is 0. The summed E-state index contributed by atoms with van der Waals surface area (Å²) < 4.78 is 13.2. The van der Waals surface area contributed by atoms with Gasteiger partial charge in [0.1, 0.15) is 11.6 Å². The number of phenolic OH excluding ortho intramolecular Hbond substituents is 1. The van der Waals surface area contributed by atoms with E-state index in [9.17, 15) is 9.50 Å². The first-order valence-corrected chi connectivity index (χ1v) is 7.61. The minimum atomic E-state index is -0.379. The van der Waals surface area contributed by atoms with E-state index in [0.717, 1.165) is 37.6 Å². The first kappa shape index (κ1) is 15.3. The van der Waals surface area contributed by atoms with Crippen molar-refractivity contribution in [2.75, 3.05) is 19.6 Å². The number of nitrogens with one attached hydrogen (secondary N) is 1. The summed E-state index contributed by atoms with van der Waals surface area (Å²) in [6.45, 7) is 6.34. The van der Waals surface area contributed by atoms with E-state index in [4.69, 9.17) is 0 Å².